The minimum atomic E-state index is -0.346. The summed E-state index contributed by atoms with van der Waals surface area (Å²) in [6.07, 6.45) is 9.07. The van der Waals surface area contributed by atoms with Gasteiger partial charge in [-0.05, 0) is 55.7 Å². The van der Waals surface area contributed by atoms with E-state index in [-0.39, 0.29) is 29.9 Å². The fourth-order valence-electron chi connectivity index (χ4n) is 3.95. The molecule has 182 valence electrons. The van der Waals surface area contributed by atoms with Gasteiger partial charge in [0.25, 0.3) is 0 Å². The lowest BCUT2D eigenvalue weighted by Gasteiger charge is -2.23. The van der Waals surface area contributed by atoms with Crippen molar-refractivity contribution in [1.29, 1.82) is 0 Å². The Bertz CT molecular complexity index is 700. The number of phenols is 1. The second-order valence-corrected chi connectivity index (χ2v) is 8.50. The number of methoxy groups -OCH3 is 1. The number of carbonyl (C=O) groups excluding carboxylic acids is 2. The predicted molar refractivity (Wildman–Crippen MR) is 126 cm³/mol. The summed E-state index contributed by atoms with van der Waals surface area (Å²) >= 11 is 0. The van der Waals surface area contributed by atoms with E-state index in [1.54, 1.807) is 7.11 Å². The van der Waals surface area contributed by atoms with Crippen molar-refractivity contribution in [2.45, 2.75) is 111 Å². The number of benzene rings is 1. The number of aryl methyl sites for hydroxylation is 2. The van der Waals surface area contributed by atoms with Gasteiger partial charge in [0, 0.05) is 20.3 Å². The SMILES string of the molecule is CCCCCc1cc(CCC(CC(CCCCC)OC(C)=O)OC(C)=O)cc(OC)c1O. The number of rotatable bonds is 16. The van der Waals surface area contributed by atoms with Crippen LogP contribution in [0.3, 0.4) is 0 Å². The molecule has 0 amide bonds. The van der Waals surface area contributed by atoms with Crippen LogP contribution in [0.5, 0.6) is 11.5 Å². The van der Waals surface area contributed by atoms with Crippen molar-refractivity contribution in [1.82, 2.24) is 0 Å². The lowest BCUT2D eigenvalue weighted by Crippen LogP contribution is -2.27. The highest BCUT2D eigenvalue weighted by molar-refractivity contribution is 5.66. The van der Waals surface area contributed by atoms with Crippen molar-refractivity contribution in [2.24, 2.45) is 0 Å². The van der Waals surface area contributed by atoms with E-state index in [0.29, 0.717) is 25.0 Å². The molecule has 0 aliphatic rings. The maximum absolute atomic E-state index is 11.7. The number of unbranched alkanes of at least 4 members (excludes halogenated alkanes) is 4. The molecule has 6 nitrogen and oxygen atoms in total. The molecule has 0 saturated carbocycles. The van der Waals surface area contributed by atoms with Crippen molar-refractivity contribution >= 4 is 11.9 Å². The van der Waals surface area contributed by atoms with E-state index < -0.39 is 0 Å². The van der Waals surface area contributed by atoms with Crippen LogP contribution in [0.2, 0.25) is 0 Å². The van der Waals surface area contributed by atoms with Crippen molar-refractivity contribution in [3.63, 3.8) is 0 Å². The highest BCUT2D eigenvalue weighted by atomic mass is 16.6. The van der Waals surface area contributed by atoms with Gasteiger partial charge in [0.15, 0.2) is 11.5 Å². The van der Waals surface area contributed by atoms with Gasteiger partial charge in [-0.3, -0.25) is 9.59 Å². The summed E-state index contributed by atoms with van der Waals surface area (Å²) in [6.45, 7) is 7.10. The van der Waals surface area contributed by atoms with Gasteiger partial charge in [0.1, 0.15) is 12.2 Å². The Hall–Kier alpha value is -2.24. The number of phenolic OH excluding ortho intramolecular Hbond substituents is 1. The van der Waals surface area contributed by atoms with E-state index in [4.69, 9.17) is 14.2 Å². The van der Waals surface area contributed by atoms with Crippen LogP contribution >= 0.6 is 0 Å². The molecule has 0 bridgehead atoms. The third kappa shape index (κ3) is 10.9. The normalized spacial score (nSPS) is 12.8. The minimum Gasteiger partial charge on any atom is -0.504 e. The third-order valence-corrected chi connectivity index (χ3v) is 5.56. The van der Waals surface area contributed by atoms with E-state index in [1.807, 2.05) is 12.1 Å². The van der Waals surface area contributed by atoms with Crippen LogP contribution in [0.1, 0.15) is 96.6 Å². The van der Waals surface area contributed by atoms with Crippen LogP contribution in [-0.4, -0.2) is 36.4 Å². The summed E-state index contributed by atoms with van der Waals surface area (Å²) in [5.41, 5.74) is 1.91. The predicted octanol–water partition coefficient (Wildman–Crippen LogP) is 5.90. The van der Waals surface area contributed by atoms with Crippen molar-refractivity contribution in [2.75, 3.05) is 7.11 Å². The molecule has 1 aromatic rings. The van der Waals surface area contributed by atoms with Crippen LogP contribution in [-0.2, 0) is 31.9 Å². The standard InChI is InChI=1S/C26H42O6/c1-6-8-10-12-22-16-21(17-25(30-5)26(22)29)14-15-24(32-20(4)28)18-23(31-19(3)27)13-11-9-7-2/h16-17,23-24,29H,6-15,18H2,1-5H3. The molecule has 6 heteroatoms. The van der Waals surface area contributed by atoms with E-state index in [9.17, 15) is 14.7 Å². The van der Waals surface area contributed by atoms with Gasteiger partial charge in [0.2, 0.25) is 0 Å². The first-order valence-electron chi connectivity index (χ1n) is 12.0. The summed E-state index contributed by atoms with van der Waals surface area (Å²) in [7, 11) is 1.55. The maximum Gasteiger partial charge on any atom is 0.302 e. The molecule has 1 rings (SSSR count). The summed E-state index contributed by atoms with van der Waals surface area (Å²) in [5, 5.41) is 10.5. The number of ether oxygens (including phenoxy) is 3. The number of hydrogen-bond acceptors (Lipinski definition) is 6. The highest BCUT2D eigenvalue weighted by Gasteiger charge is 2.22. The summed E-state index contributed by atoms with van der Waals surface area (Å²) in [5.74, 6) is 0.0202. The lowest BCUT2D eigenvalue weighted by atomic mass is 9.97. The van der Waals surface area contributed by atoms with Crippen molar-refractivity contribution in [3.05, 3.63) is 23.3 Å². The molecule has 0 spiro atoms. The fourth-order valence-corrected chi connectivity index (χ4v) is 3.95. The Morgan fingerprint density at radius 2 is 1.47 bits per heavy atom. The van der Waals surface area contributed by atoms with Crippen LogP contribution in [0.4, 0.5) is 0 Å². The second kappa shape index (κ2) is 15.5. The quantitative estimate of drug-likeness (QED) is 0.249. The Labute approximate surface area is 193 Å². The van der Waals surface area contributed by atoms with E-state index >= 15 is 0 Å². The molecule has 0 saturated heterocycles. The summed E-state index contributed by atoms with van der Waals surface area (Å²) < 4.78 is 16.4. The monoisotopic (exact) mass is 450 g/mol. The minimum absolute atomic E-state index is 0.203. The Balaban J connectivity index is 2.91. The van der Waals surface area contributed by atoms with Gasteiger partial charge in [0.05, 0.1) is 7.11 Å². The molecule has 0 fully saturated rings. The van der Waals surface area contributed by atoms with E-state index in [1.165, 1.54) is 13.8 Å². The van der Waals surface area contributed by atoms with Gasteiger partial charge in [-0.15, -0.1) is 0 Å². The van der Waals surface area contributed by atoms with E-state index in [0.717, 1.165) is 62.5 Å². The smallest absolute Gasteiger partial charge is 0.302 e. The Kier molecular flexibility index (Phi) is 13.5. The number of esters is 2. The van der Waals surface area contributed by atoms with Gasteiger partial charge >= 0.3 is 11.9 Å². The average Bonchev–Trinajstić information content (AvgIpc) is 2.73. The third-order valence-electron chi connectivity index (χ3n) is 5.56. The van der Waals surface area contributed by atoms with Gasteiger partial charge in [-0.25, -0.2) is 0 Å². The Morgan fingerprint density at radius 1 is 0.875 bits per heavy atom. The molecule has 2 atom stereocenters. The molecule has 0 aliphatic heterocycles. The zero-order valence-electron chi connectivity index (χ0n) is 20.6. The lowest BCUT2D eigenvalue weighted by molar-refractivity contribution is -0.153. The van der Waals surface area contributed by atoms with Gasteiger partial charge in [-0.2, -0.15) is 0 Å². The molecule has 0 aromatic heterocycles. The molecule has 0 heterocycles. The van der Waals surface area contributed by atoms with Crippen molar-refractivity contribution < 1.29 is 28.9 Å². The van der Waals surface area contributed by atoms with Crippen LogP contribution < -0.4 is 4.74 Å². The fraction of sp³-hybridized carbons (Fsp3) is 0.692. The first-order valence-corrected chi connectivity index (χ1v) is 12.0. The Morgan fingerprint density at radius 3 is 2.03 bits per heavy atom. The topological polar surface area (TPSA) is 82.1 Å². The zero-order valence-corrected chi connectivity index (χ0v) is 20.6. The maximum atomic E-state index is 11.7. The first-order chi connectivity index (χ1) is 15.3. The zero-order chi connectivity index (χ0) is 23.9. The first kappa shape index (κ1) is 27.8. The molecule has 2 unspecified atom stereocenters. The van der Waals surface area contributed by atoms with Crippen molar-refractivity contribution in [3.8, 4) is 11.5 Å². The van der Waals surface area contributed by atoms with E-state index in [2.05, 4.69) is 13.8 Å². The average molecular weight is 451 g/mol. The number of carbonyl (C=O) groups is 2. The summed E-state index contributed by atoms with van der Waals surface area (Å²) in [4.78, 5) is 23.2. The molecule has 32 heavy (non-hydrogen) atoms. The summed E-state index contributed by atoms with van der Waals surface area (Å²) in [6, 6.07) is 3.86. The largest absolute Gasteiger partial charge is 0.504 e. The molecule has 1 N–H and O–H groups in total. The van der Waals surface area contributed by atoms with Crippen LogP contribution in [0, 0.1) is 0 Å². The molecular formula is C26H42O6. The molecule has 0 radical (unpaired) electrons. The van der Waals surface area contributed by atoms with Crippen LogP contribution in [0.15, 0.2) is 12.1 Å². The van der Waals surface area contributed by atoms with Gasteiger partial charge < -0.3 is 19.3 Å². The number of aromatic hydroxyl groups is 1. The second-order valence-electron chi connectivity index (χ2n) is 8.50. The van der Waals surface area contributed by atoms with Gasteiger partial charge in [-0.1, -0.05) is 45.6 Å². The van der Waals surface area contributed by atoms with Crippen LogP contribution in [0.25, 0.3) is 0 Å². The molecule has 1 aromatic carbocycles. The molecule has 0 aliphatic carbocycles. The molecular weight excluding hydrogens is 408 g/mol. The highest BCUT2D eigenvalue weighted by Crippen LogP contribution is 2.33. The number of hydrogen-bond donors (Lipinski definition) is 1.